The number of β-amino-alcohol motifs (C(OH)–C–C–N with tert-alkyl or cyclic N) is 1. The number of aliphatic hydroxyl groups is 1. The van der Waals surface area contributed by atoms with E-state index in [4.69, 9.17) is 9.15 Å². The molecule has 0 aliphatic carbocycles. The van der Waals surface area contributed by atoms with Crippen molar-refractivity contribution >= 4 is 5.97 Å². The quantitative estimate of drug-likeness (QED) is 0.795. The minimum Gasteiger partial charge on any atom is -0.467 e. The lowest BCUT2D eigenvalue weighted by Crippen LogP contribution is -2.22. The molecule has 1 N–H and O–H groups in total. The number of hydrogen-bond acceptors (Lipinski definition) is 5. The molecular weight excluding hydrogens is 222 g/mol. The SMILES string of the molecule is CCOC(=O)c1ccoc1CN1CC[C@@H](O)C1. The number of likely N-dealkylation sites (tertiary alicyclic amines) is 1. The van der Waals surface area contributed by atoms with Crippen LogP contribution in [0.15, 0.2) is 16.7 Å². The highest BCUT2D eigenvalue weighted by molar-refractivity contribution is 5.90. The minimum atomic E-state index is -0.351. The van der Waals surface area contributed by atoms with Gasteiger partial charge in [0.15, 0.2) is 0 Å². The van der Waals surface area contributed by atoms with Gasteiger partial charge in [-0.15, -0.1) is 0 Å². The zero-order valence-electron chi connectivity index (χ0n) is 9.89. The predicted octanol–water partition coefficient (Wildman–Crippen LogP) is 1.02. The van der Waals surface area contributed by atoms with E-state index >= 15 is 0 Å². The number of aliphatic hydroxyl groups excluding tert-OH is 1. The van der Waals surface area contributed by atoms with Crippen LogP contribution in [0.2, 0.25) is 0 Å². The first-order valence-electron chi connectivity index (χ1n) is 5.84. The molecule has 1 aromatic heterocycles. The van der Waals surface area contributed by atoms with Gasteiger partial charge in [0.25, 0.3) is 0 Å². The molecule has 0 aromatic carbocycles. The van der Waals surface area contributed by atoms with Crippen molar-refractivity contribution in [1.29, 1.82) is 0 Å². The number of carbonyl (C=O) groups is 1. The molecule has 0 saturated carbocycles. The van der Waals surface area contributed by atoms with Crippen molar-refractivity contribution in [3.8, 4) is 0 Å². The first kappa shape index (κ1) is 12.1. The molecule has 5 nitrogen and oxygen atoms in total. The average Bonchev–Trinajstić information content (AvgIpc) is 2.89. The number of esters is 1. The largest absolute Gasteiger partial charge is 0.467 e. The zero-order chi connectivity index (χ0) is 12.3. The van der Waals surface area contributed by atoms with E-state index in [1.807, 2.05) is 0 Å². The van der Waals surface area contributed by atoms with Gasteiger partial charge in [-0.25, -0.2) is 4.79 Å². The van der Waals surface area contributed by atoms with Gasteiger partial charge in [0.1, 0.15) is 11.3 Å². The van der Waals surface area contributed by atoms with Crippen molar-refractivity contribution in [3.05, 3.63) is 23.7 Å². The van der Waals surface area contributed by atoms with Crippen LogP contribution < -0.4 is 0 Å². The highest BCUT2D eigenvalue weighted by Crippen LogP contribution is 2.18. The third kappa shape index (κ3) is 2.87. The number of nitrogens with zero attached hydrogens (tertiary/aromatic N) is 1. The monoisotopic (exact) mass is 239 g/mol. The fraction of sp³-hybridized carbons (Fsp3) is 0.583. The zero-order valence-corrected chi connectivity index (χ0v) is 9.89. The summed E-state index contributed by atoms with van der Waals surface area (Å²) in [6.07, 6.45) is 2.00. The van der Waals surface area contributed by atoms with E-state index in [0.29, 0.717) is 31.0 Å². The molecule has 0 radical (unpaired) electrons. The number of rotatable bonds is 4. The maximum atomic E-state index is 11.6. The van der Waals surface area contributed by atoms with Crippen molar-refractivity contribution in [2.24, 2.45) is 0 Å². The second-order valence-electron chi connectivity index (χ2n) is 4.16. The molecule has 2 heterocycles. The highest BCUT2D eigenvalue weighted by Gasteiger charge is 2.24. The van der Waals surface area contributed by atoms with Gasteiger partial charge in [-0.1, -0.05) is 0 Å². The lowest BCUT2D eigenvalue weighted by atomic mass is 10.2. The summed E-state index contributed by atoms with van der Waals surface area (Å²) in [5, 5.41) is 9.43. The molecule has 1 aliphatic rings. The number of carbonyl (C=O) groups excluding carboxylic acids is 1. The fourth-order valence-electron chi connectivity index (χ4n) is 2.01. The molecule has 0 unspecified atom stereocenters. The Bertz CT molecular complexity index is 388. The summed E-state index contributed by atoms with van der Waals surface area (Å²) in [4.78, 5) is 13.7. The van der Waals surface area contributed by atoms with Gasteiger partial charge in [-0.05, 0) is 19.4 Å². The highest BCUT2D eigenvalue weighted by atomic mass is 16.5. The normalized spacial score (nSPS) is 20.7. The van der Waals surface area contributed by atoms with Crippen LogP contribution in [0, 0.1) is 0 Å². The van der Waals surface area contributed by atoms with Crippen LogP contribution in [0.1, 0.15) is 29.5 Å². The van der Waals surface area contributed by atoms with Crippen molar-refractivity contribution < 1.29 is 19.1 Å². The molecule has 17 heavy (non-hydrogen) atoms. The summed E-state index contributed by atoms with van der Waals surface area (Å²) < 4.78 is 10.3. The van der Waals surface area contributed by atoms with Crippen LogP contribution >= 0.6 is 0 Å². The predicted molar refractivity (Wildman–Crippen MR) is 60.6 cm³/mol. The van der Waals surface area contributed by atoms with Crippen molar-refractivity contribution in [1.82, 2.24) is 4.90 Å². The summed E-state index contributed by atoms with van der Waals surface area (Å²) >= 11 is 0. The summed E-state index contributed by atoms with van der Waals surface area (Å²) in [5.41, 5.74) is 0.480. The van der Waals surface area contributed by atoms with Crippen LogP contribution in [-0.4, -0.2) is 41.8 Å². The second-order valence-corrected chi connectivity index (χ2v) is 4.16. The third-order valence-corrected chi connectivity index (χ3v) is 2.86. The Morgan fingerprint density at radius 1 is 1.71 bits per heavy atom. The van der Waals surface area contributed by atoms with Gasteiger partial charge in [-0.3, -0.25) is 4.90 Å². The Balaban J connectivity index is 2.01. The Morgan fingerprint density at radius 2 is 2.53 bits per heavy atom. The van der Waals surface area contributed by atoms with Gasteiger partial charge in [0, 0.05) is 13.1 Å². The van der Waals surface area contributed by atoms with Crippen LogP contribution in [0.25, 0.3) is 0 Å². The van der Waals surface area contributed by atoms with Crippen LogP contribution in [0.5, 0.6) is 0 Å². The van der Waals surface area contributed by atoms with Crippen molar-refractivity contribution in [2.45, 2.75) is 26.0 Å². The standard InChI is InChI=1S/C12H17NO4/c1-2-16-12(15)10-4-6-17-11(10)8-13-5-3-9(14)7-13/h4,6,9,14H,2-3,5,7-8H2,1H3/t9-/m1/s1. The van der Waals surface area contributed by atoms with E-state index in [0.717, 1.165) is 13.0 Å². The lowest BCUT2D eigenvalue weighted by molar-refractivity contribution is 0.0522. The molecule has 1 aliphatic heterocycles. The van der Waals surface area contributed by atoms with Crippen LogP contribution in [0.3, 0.4) is 0 Å². The Morgan fingerprint density at radius 3 is 3.18 bits per heavy atom. The maximum Gasteiger partial charge on any atom is 0.341 e. The molecule has 1 aromatic rings. The third-order valence-electron chi connectivity index (χ3n) is 2.86. The first-order valence-corrected chi connectivity index (χ1v) is 5.84. The average molecular weight is 239 g/mol. The summed E-state index contributed by atoms with van der Waals surface area (Å²) in [6.45, 7) is 4.12. The first-order chi connectivity index (χ1) is 8.20. The Labute approximate surface area is 100.0 Å². The Kier molecular flexibility index (Phi) is 3.81. The lowest BCUT2D eigenvalue weighted by Gasteiger charge is -2.13. The molecule has 2 rings (SSSR count). The molecule has 1 fully saturated rings. The molecule has 1 atom stereocenters. The smallest absolute Gasteiger partial charge is 0.341 e. The van der Waals surface area contributed by atoms with Gasteiger partial charge < -0.3 is 14.3 Å². The molecular formula is C12H17NO4. The van der Waals surface area contributed by atoms with Gasteiger partial charge in [0.2, 0.25) is 0 Å². The van der Waals surface area contributed by atoms with Gasteiger partial charge >= 0.3 is 5.97 Å². The van der Waals surface area contributed by atoms with Crippen molar-refractivity contribution in [2.75, 3.05) is 19.7 Å². The van der Waals surface area contributed by atoms with Gasteiger partial charge in [-0.2, -0.15) is 0 Å². The fourth-order valence-corrected chi connectivity index (χ4v) is 2.01. The van der Waals surface area contributed by atoms with E-state index in [1.54, 1.807) is 13.0 Å². The molecule has 94 valence electrons. The summed E-state index contributed by atoms with van der Waals surface area (Å²) in [6, 6.07) is 1.62. The molecule has 5 heteroatoms. The van der Waals surface area contributed by atoms with Crippen LogP contribution in [0.4, 0.5) is 0 Å². The Hall–Kier alpha value is -1.33. The van der Waals surface area contributed by atoms with Crippen LogP contribution in [-0.2, 0) is 11.3 Å². The van der Waals surface area contributed by atoms with E-state index in [1.165, 1.54) is 6.26 Å². The van der Waals surface area contributed by atoms with Gasteiger partial charge in [0.05, 0.1) is 25.5 Å². The summed E-state index contributed by atoms with van der Waals surface area (Å²) in [5.74, 6) is 0.258. The van der Waals surface area contributed by atoms with E-state index in [2.05, 4.69) is 4.90 Å². The number of ether oxygens (including phenoxy) is 1. The number of furan rings is 1. The minimum absolute atomic E-state index is 0.268. The maximum absolute atomic E-state index is 11.6. The number of hydrogen-bond donors (Lipinski definition) is 1. The summed E-state index contributed by atoms with van der Waals surface area (Å²) in [7, 11) is 0. The van der Waals surface area contributed by atoms with Crippen molar-refractivity contribution in [3.63, 3.8) is 0 Å². The van der Waals surface area contributed by atoms with E-state index < -0.39 is 0 Å². The molecule has 1 saturated heterocycles. The molecule has 0 amide bonds. The molecule has 0 bridgehead atoms. The van der Waals surface area contributed by atoms with E-state index in [9.17, 15) is 9.90 Å². The topological polar surface area (TPSA) is 62.9 Å². The second kappa shape index (κ2) is 5.33. The van der Waals surface area contributed by atoms with E-state index in [-0.39, 0.29) is 12.1 Å². The molecule has 0 spiro atoms.